The Labute approximate surface area is 239 Å². The van der Waals surface area contributed by atoms with Crippen molar-refractivity contribution in [2.24, 2.45) is 0 Å². The summed E-state index contributed by atoms with van der Waals surface area (Å²) in [5.41, 5.74) is 4.70. The standard InChI is InChI=1S/C28H25BrN4O5S/c1-2-38-27(37)20-10-14-22(15-11-20)30-24(34)16-23-26(36)32(17-18-6-4-3-5-7-18)28(39)33(23)31-25(35)19-8-12-21(29)13-9-19/h3-15,23H,2,16-17H2,1H3,(H,30,34)(H,31,35). The smallest absolute Gasteiger partial charge is 0.338 e. The Balaban J connectivity index is 1.51. The van der Waals surface area contributed by atoms with Crippen molar-refractivity contribution in [1.29, 1.82) is 0 Å². The van der Waals surface area contributed by atoms with E-state index in [1.54, 1.807) is 43.3 Å². The van der Waals surface area contributed by atoms with Gasteiger partial charge >= 0.3 is 5.97 Å². The number of anilines is 1. The van der Waals surface area contributed by atoms with Crippen LogP contribution in [0.3, 0.4) is 0 Å². The lowest BCUT2D eigenvalue weighted by molar-refractivity contribution is -0.131. The van der Waals surface area contributed by atoms with Gasteiger partial charge in [0.2, 0.25) is 5.91 Å². The number of thiocarbonyl (C=S) groups is 1. The first kappa shape index (κ1) is 27.9. The van der Waals surface area contributed by atoms with E-state index >= 15 is 0 Å². The Kier molecular flexibility index (Phi) is 9.05. The normalized spacial score (nSPS) is 14.8. The van der Waals surface area contributed by atoms with Gasteiger partial charge in [-0.05, 0) is 73.2 Å². The number of hydrogen-bond acceptors (Lipinski definition) is 6. The van der Waals surface area contributed by atoms with Crippen LogP contribution in [0.15, 0.2) is 83.3 Å². The summed E-state index contributed by atoms with van der Waals surface area (Å²) in [5, 5.41) is 4.09. The second-order valence-corrected chi connectivity index (χ2v) is 9.86. The Morgan fingerprint density at radius 1 is 0.949 bits per heavy atom. The predicted octanol–water partition coefficient (Wildman–Crippen LogP) is 4.30. The maximum Gasteiger partial charge on any atom is 0.338 e. The average molecular weight is 610 g/mol. The third kappa shape index (κ3) is 6.87. The van der Waals surface area contributed by atoms with Crippen molar-refractivity contribution in [2.75, 3.05) is 11.9 Å². The number of benzene rings is 3. The lowest BCUT2D eigenvalue weighted by atomic mass is 10.1. The van der Waals surface area contributed by atoms with E-state index in [0.717, 1.165) is 10.0 Å². The van der Waals surface area contributed by atoms with Gasteiger partial charge in [-0.2, -0.15) is 0 Å². The summed E-state index contributed by atoms with van der Waals surface area (Å²) in [5.74, 6) is -1.81. The highest BCUT2D eigenvalue weighted by atomic mass is 79.9. The third-order valence-electron chi connectivity index (χ3n) is 5.87. The molecule has 3 aromatic rings. The van der Waals surface area contributed by atoms with E-state index < -0.39 is 29.7 Å². The molecular formula is C28H25BrN4O5S. The molecule has 1 unspecified atom stereocenters. The van der Waals surface area contributed by atoms with Crippen molar-refractivity contribution in [3.05, 3.63) is 100 Å². The number of hydrogen-bond donors (Lipinski definition) is 2. The molecule has 2 N–H and O–H groups in total. The predicted molar refractivity (Wildman–Crippen MR) is 152 cm³/mol. The van der Waals surface area contributed by atoms with Crippen molar-refractivity contribution in [1.82, 2.24) is 15.3 Å². The largest absolute Gasteiger partial charge is 0.462 e. The quantitative estimate of drug-likeness (QED) is 0.275. The van der Waals surface area contributed by atoms with Crippen LogP contribution in [0.25, 0.3) is 0 Å². The number of ether oxygens (including phenoxy) is 1. The Morgan fingerprint density at radius 3 is 2.23 bits per heavy atom. The van der Waals surface area contributed by atoms with E-state index in [9.17, 15) is 19.2 Å². The fourth-order valence-electron chi connectivity index (χ4n) is 3.93. The molecule has 0 bridgehead atoms. The fourth-order valence-corrected chi connectivity index (χ4v) is 4.52. The Morgan fingerprint density at radius 2 is 1.59 bits per heavy atom. The number of nitrogens with zero attached hydrogens (tertiary/aromatic N) is 2. The van der Waals surface area contributed by atoms with Crippen LogP contribution >= 0.6 is 28.1 Å². The second-order valence-electron chi connectivity index (χ2n) is 8.58. The minimum atomic E-state index is -1.06. The number of halogens is 1. The number of carbonyl (C=O) groups excluding carboxylic acids is 4. The highest BCUT2D eigenvalue weighted by Gasteiger charge is 2.44. The van der Waals surface area contributed by atoms with Gasteiger partial charge in [0, 0.05) is 15.7 Å². The van der Waals surface area contributed by atoms with Crippen LogP contribution in [0.1, 0.15) is 39.6 Å². The molecule has 0 spiro atoms. The van der Waals surface area contributed by atoms with Gasteiger partial charge in [0.05, 0.1) is 25.1 Å². The van der Waals surface area contributed by atoms with Crippen LogP contribution in [0, 0.1) is 0 Å². The zero-order valence-corrected chi connectivity index (χ0v) is 23.3. The van der Waals surface area contributed by atoms with Crippen molar-refractivity contribution < 1.29 is 23.9 Å². The minimum Gasteiger partial charge on any atom is -0.462 e. The fraction of sp³-hybridized carbons (Fsp3) is 0.179. The highest BCUT2D eigenvalue weighted by molar-refractivity contribution is 9.10. The number of amides is 3. The summed E-state index contributed by atoms with van der Waals surface area (Å²) in [7, 11) is 0. The van der Waals surface area contributed by atoms with Gasteiger partial charge in [-0.25, -0.2) is 9.80 Å². The summed E-state index contributed by atoms with van der Waals surface area (Å²) < 4.78 is 5.78. The average Bonchev–Trinajstić information content (AvgIpc) is 3.14. The van der Waals surface area contributed by atoms with Gasteiger partial charge in [-0.3, -0.25) is 24.7 Å². The zero-order valence-electron chi connectivity index (χ0n) is 20.9. The Hall–Kier alpha value is -4.09. The molecule has 0 aromatic heterocycles. The summed E-state index contributed by atoms with van der Waals surface area (Å²) >= 11 is 8.92. The van der Waals surface area contributed by atoms with Gasteiger partial charge in [-0.15, -0.1) is 0 Å². The molecule has 3 aromatic carbocycles. The van der Waals surface area contributed by atoms with E-state index in [2.05, 4.69) is 26.7 Å². The molecule has 3 amide bonds. The zero-order chi connectivity index (χ0) is 27.9. The van der Waals surface area contributed by atoms with Crippen molar-refractivity contribution >= 4 is 62.6 Å². The van der Waals surface area contributed by atoms with E-state index in [0.29, 0.717) is 16.8 Å². The molecule has 39 heavy (non-hydrogen) atoms. The van der Waals surface area contributed by atoms with Crippen LogP contribution in [0.2, 0.25) is 0 Å². The summed E-state index contributed by atoms with van der Waals surface area (Å²) in [6.45, 7) is 2.16. The number of esters is 1. The van der Waals surface area contributed by atoms with Crippen molar-refractivity contribution in [2.45, 2.75) is 25.9 Å². The van der Waals surface area contributed by atoms with Gasteiger partial charge in [0.1, 0.15) is 6.04 Å². The number of rotatable bonds is 9. The molecule has 0 aliphatic carbocycles. The second kappa shape index (κ2) is 12.6. The number of carbonyl (C=O) groups is 4. The van der Waals surface area contributed by atoms with Gasteiger partial charge in [0.15, 0.2) is 5.11 Å². The SMILES string of the molecule is CCOC(=O)c1ccc(NC(=O)CC2C(=O)N(Cc3ccccc3)C(=S)N2NC(=O)c2ccc(Br)cc2)cc1. The van der Waals surface area contributed by atoms with Gasteiger partial charge < -0.3 is 10.1 Å². The molecular weight excluding hydrogens is 584 g/mol. The monoisotopic (exact) mass is 608 g/mol. The van der Waals surface area contributed by atoms with Crippen LogP contribution < -0.4 is 10.7 Å². The maximum absolute atomic E-state index is 13.5. The van der Waals surface area contributed by atoms with E-state index in [-0.39, 0.29) is 24.7 Å². The van der Waals surface area contributed by atoms with Crippen LogP contribution in [-0.4, -0.2) is 51.4 Å². The molecule has 1 heterocycles. The summed E-state index contributed by atoms with van der Waals surface area (Å²) in [6, 6.07) is 21.2. The summed E-state index contributed by atoms with van der Waals surface area (Å²) in [4.78, 5) is 52.7. The van der Waals surface area contributed by atoms with Crippen molar-refractivity contribution in [3.8, 4) is 0 Å². The lowest BCUT2D eigenvalue weighted by Gasteiger charge is -2.24. The van der Waals surface area contributed by atoms with Crippen LogP contribution in [0.4, 0.5) is 5.69 Å². The molecule has 1 aliphatic rings. The molecule has 0 saturated carbocycles. The molecule has 0 radical (unpaired) electrons. The van der Waals surface area contributed by atoms with E-state index in [1.165, 1.54) is 22.0 Å². The topological polar surface area (TPSA) is 108 Å². The van der Waals surface area contributed by atoms with Gasteiger partial charge in [-0.1, -0.05) is 46.3 Å². The maximum atomic E-state index is 13.5. The Bertz CT molecular complexity index is 1380. The molecule has 9 nitrogen and oxygen atoms in total. The number of hydrazine groups is 1. The molecule has 1 saturated heterocycles. The first-order valence-corrected chi connectivity index (χ1v) is 13.3. The highest BCUT2D eigenvalue weighted by Crippen LogP contribution is 2.23. The molecule has 1 aliphatic heterocycles. The van der Waals surface area contributed by atoms with E-state index in [4.69, 9.17) is 17.0 Å². The lowest BCUT2D eigenvalue weighted by Crippen LogP contribution is -2.49. The third-order valence-corrected chi connectivity index (χ3v) is 6.82. The number of nitrogens with one attached hydrogen (secondary N) is 2. The van der Waals surface area contributed by atoms with E-state index in [1.807, 2.05) is 30.3 Å². The van der Waals surface area contributed by atoms with Crippen molar-refractivity contribution in [3.63, 3.8) is 0 Å². The summed E-state index contributed by atoms with van der Waals surface area (Å²) in [6.07, 6.45) is -0.273. The molecule has 4 rings (SSSR count). The minimum absolute atomic E-state index is 0.0888. The van der Waals surface area contributed by atoms with Crippen LogP contribution in [-0.2, 0) is 20.9 Å². The molecule has 11 heteroatoms. The first-order valence-electron chi connectivity index (χ1n) is 12.1. The van der Waals surface area contributed by atoms with Crippen LogP contribution in [0.5, 0.6) is 0 Å². The first-order chi connectivity index (χ1) is 18.8. The van der Waals surface area contributed by atoms with Gasteiger partial charge in [0.25, 0.3) is 11.8 Å². The molecule has 1 fully saturated rings. The molecule has 1 atom stereocenters. The molecule has 200 valence electrons.